The van der Waals surface area contributed by atoms with Gasteiger partial charge in [-0.3, -0.25) is 19.7 Å². The lowest BCUT2D eigenvalue weighted by Crippen LogP contribution is -2.71. The lowest BCUT2D eigenvalue weighted by Gasteiger charge is -2.55. The Morgan fingerprint density at radius 3 is 2.72 bits per heavy atom. The van der Waals surface area contributed by atoms with Crippen LogP contribution < -0.4 is 10.6 Å². The smallest absolute Gasteiger partial charge is 0.313 e. The van der Waals surface area contributed by atoms with Crippen molar-refractivity contribution in [3.05, 3.63) is 41.1 Å². The highest BCUT2D eigenvalue weighted by Crippen LogP contribution is 2.29. The molecule has 2 aliphatic heterocycles. The van der Waals surface area contributed by atoms with Crippen LogP contribution in [-0.2, 0) is 9.59 Å². The summed E-state index contributed by atoms with van der Waals surface area (Å²) in [7, 11) is 0. The number of amides is 2. The number of hydroxylamine groups is 2. The van der Waals surface area contributed by atoms with E-state index in [-0.39, 0.29) is 38.5 Å². The van der Waals surface area contributed by atoms with Crippen LogP contribution in [0.1, 0.15) is 23.2 Å². The number of hydrogen-bond donors (Lipinski definition) is 3. The van der Waals surface area contributed by atoms with E-state index in [9.17, 15) is 24.7 Å². The zero-order valence-corrected chi connectivity index (χ0v) is 13.6. The number of quaternary nitrogens is 1. The van der Waals surface area contributed by atoms with Crippen molar-refractivity contribution < 1.29 is 24.2 Å². The number of rotatable bonds is 3. The predicted molar refractivity (Wildman–Crippen MR) is 86.3 cm³/mol. The Balaban J connectivity index is 1.86. The molecule has 0 aromatic heterocycles. The van der Waals surface area contributed by atoms with E-state index in [0.29, 0.717) is 5.56 Å². The molecule has 3 N–H and O–H groups in total. The molecule has 3 atom stereocenters. The normalized spacial score (nSPS) is 29.5. The molecule has 134 valence electrons. The molecule has 1 aromatic carbocycles. The second-order valence-corrected chi connectivity index (χ2v) is 6.27. The fourth-order valence-electron chi connectivity index (χ4n) is 3.27. The number of carboxylic acids is 1. The topological polar surface area (TPSA) is 122 Å². The maximum absolute atomic E-state index is 13.5. The molecule has 9 nitrogen and oxygen atoms in total. The van der Waals surface area contributed by atoms with E-state index in [2.05, 4.69) is 10.6 Å². The van der Waals surface area contributed by atoms with Gasteiger partial charge in [0.25, 0.3) is 11.8 Å². The Morgan fingerprint density at radius 2 is 2.04 bits per heavy atom. The van der Waals surface area contributed by atoms with Crippen molar-refractivity contribution in [3.63, 3.8) is 0 Å². The van der Waals surface area contributed by atoms with Crippen LogP contribution in [0, 0.1) is 11.1 Å². The lowest BCUT2D eigenvalue weighted by atomic mass is 10.1. The third-order valence-electron chi connectivity index (χ3n) is 4.63. The van der Waals surface area contributed by atoms with Gasteiger partial charge in [0.2, 0.25) is 0 Å². The molecule has 2 aliphatic rings. The van der Waals surface area contributed by atoms with Gasteiger partial charge in [-0.25, -0.2) is 4.76 Å². The Hall–Kier alpha value is -2.49. The first-order chi connectivity index (χ1) is 11.9. The Morgan fingerprint density at radius 1 is 1.32 bits per heavy atom. The van der Waals surface area contributed by atoms with Crippen molar-refractivity contribution in [1.29, 1.82) is 0 Å². The third-order valence-corrected chi connectivity index (χ3v) is 4.63. The molecule has 9 heteroatoms. The zero-order chi connectivity index (χ0) is 18.0. The molecule has 0 aliphatic carbocycles. The summed E-state index contributed by atoms with van der Waals surface area (Å²) in [6.45, 7) is -0.252. The van der Waals surface area contributed by atoms with E-state index in [1.807, 2.05) is 0 Å². The van der Waals surface area contributed by atoms with Crippen molar-refractivity contribution in [2.45, 2.75) is 19.0 Å². The molecule has 0 spiro atoms. The average molecular weight is 348 g/mol. The molecule has 2 fully saturated rings. The molecular weight excluding hydrogens is 328 g/mol. The molecule has 2 amide bonds. The molecule has 1 aromatic rings. The van der Waals surface area contributed by atoms with Crippen LogP contribution >= 0.6 is 0 Å². The molecule has 25 heavy (non-hydrogen) atoms. The minimum Gasteiger partial charge on any atom is -0.604 e. The van der Waals surface area contributed by atoms with Gasteiger partial charge >= 0.3 is 5.97 Å². The number of carboxylic acid groups (broad SMARTS) is 1. The minimum atomic E-state index is -1.18. The molecule has 3 unspecified atom stereocenters. The Labute approximate surface area is 144 Å². The SMILES string of the molecule is O=C(NC1CCC(=O)N2CNCC(C(=O)O)C[N+]12[O-])c1ccccc1. The second-order valence-electron chi connectivity index (χ2n) is 6.27. The third kappa shape index (κ3) is 3.34. The summed E-state index contributed by atoms with van der Waals surface area (Å²) < 4.78 is -1.18. The van der Waals surface area contributed by atoms with Gasteiger partial charge in [0.15, 0.2) is 6.17 Å². The highest BCUT2D eigenvalue weighted by Gasteiger charge is 2.48. The average Bonchev–Trinajstić information content (AvgIpc) is 2.78. The summed E-state index contributed by atoms with van der Waals surface area (Å²) in [4.78, 5) is 36.0. The number of aliphatic carboxylic acids is 1. The van der Waals surface area contributed by atoms with Gasteiger partial charge in [0.1, 0.15) is 19.1 Å². The highest BCUT2D eigenvalue weighted by molar-refractivity contribution is 5.94. The number of hydrogen-bond acceptors (Lipinski definition) is 5. The van der Waals surface area contributed by atoms with E-state index in [4.69, 9.17) is 0 Å². The summed E-state index contributed by atoms with van der Waals surface area (Å²) in [6.07, 6.45) is -0.613. The highest BCUT2D eigenvalue weighted by atomic mass is 16.6. The van der Waals surface area contributed by atoms with Crippen molar-refractivity contribution >= 4 is 17.8 Å². The van der Waals surface area contributed by atoms with Crippen LogP contribution in [0.3, 0.4) is 0 Å². The molecule has 2 heterocycles. The van der Waals surface area contributed by atoms with Gasteiger partial charge in [0, 0.05) is 24.9 Å². The Kier molecular flexibility index (Phi) is 4.71. The summed E-state index contributed by atoms with van der Waals surface area (Å²) in [5.41, 5.74) is 0.403. The molecular formula is C16H20N4O5. The number of carbonyl (C=O) groups excluding carboxylic acids is 2. The fraction of sp³-hybridized carbons (Fsp3) is 0.438. The van der Waals surface area contributed by atoms with E-state index in [1.165, 1.54) is 0 Å². The molecule has 3 rings (SSSR count). The first kappa shape index (κ1) is 17.3. The number of fused-ring (bicyclic) bond motifs is 1. The molecule has 0 saturated carbocycles. The first-order valence-electron chi connectivity index (χ1n) is 8.11. The van der Waals surface area contributed by atoms with Crippen molar-refractivity contribution in [3.8, 4) is 0 Å². The van der Waals surface area contributed by atoms with Crippen LogP contribution in [0.25, 0.3) is 0 Å². The standard InChI is InChI=1S/C16H20N4O5/c21-14-7-6-13(18-15(22)11-4-2-1-3-5-11)20(25)9-12(16(23)24)8-17-10-19(14)20/h1-5,12-13,17H,6-10H2,(H,18,22)(H,23,24). The van der Waals surface area contributed by atoms with Crippen LogP contribution in [0.5, 0.6) is 0 Å². The van der Waals surface area contributed by atoms with Crippen molar-refractivity contribution in [2.75, 3.05) is 19.8 Å². The van der Waals surface area contributed by atoms with Gasteiger partial charge in [-0.05, 0) is 12.1 Å². The van der Waals surface area contributed by atoms with E-state index >= 15 is 0 Å². The summed E-state index contributed by atoms with van der Waals surface area (Å²) in [5, 5.41) is 29.4. The van der Waals surface area contributed by atoms with E-state index in [1.54, 1.807) is 30.3 Å². The van der Waals surface area contributed by atoms with Gasteiger partial charge in [0.05, 0.1) is 0 Å². The van der Waals surface area contributed by atoms with Gasteiger partial charge < -0.3 is 15.6 Å². The van der Waals surface area contributed by atoms with Crippen LogP contribution in [-0.4, -0.2) is 58.6 Å². The summed E-state index contributed by atoms with van der Waals surface area (Å²) in [5.74, 6) is -2.81. The fourth-order valence-corrected chi connectivity index (χ4v) is 3.27. The number of nitrogens with zero attached hydrogens (tertiary/aromatic N) is 2. The first-order valence-corrected chi connectivity index (χ1v) is 8.11. The minimum absolute atomic E-state index is 0.0379. The molecule has 0 bridgehead atoms. The predicted octanol–water partition coefficient (Wildman–Crippen LogP) is -0.144. The summed E-state index contributed by atoms with van der Waals surface area (Å²) >= 11 is 0. The van der Waals surface area contributed by atoms with Crippen molar-refractivity contribution in [1.82, 2.24) is 15.6 Å². The monoisotopic (exact) mass is 348 g/mol. The van der Waals surface area contributed by atoms with Gasteiger partial charge in [-0.15, -0.1) is 0 Å². The van der Waals surface area contributed by atoms with Gasteiger partial charge in [-0.1, -0.05) is 18.2 Å². The molecule has 0 radical (unpaired) electrons. The maximum Gasteiger partial charge on any atom is 0.313 e. The zero-order valence-electron chi connectivity index (χ0n) is 13.6. The van der Waals surface area contributed by atoms with Crippen LogP contribution in [0.2, 0.25) is 0 Å². The Bertz CT molecular complexity index is 682. The largest absolute Gasteiger partial charge is 0.604 e. The number of benzene rings is 1. The number of carbonyl (C=O) groups is 3. The summed E-state index contributed by atoms with van der Waals surface area (Å²) in [6, 6.07) is 8.45. The van der Waals surface area contributed by atoms with E-state index in [0.717, 1.165) is 5.01 Å². The van der Waals surface area contributed by atoms with Crippen molar-refractivity contribution in [2.24, 2.45) is 5.92 Å². The lowest BCUT2D eigenvalue weighted by molar-refractivity contribution is -1.01. The van der Waals surface area contributed by atoms with E-state index < -0.39 is 28.7 Å². The van der Waals surface area contributed by atoms with Crippen LogP contribution in [0.15, 0.2) is 30.3 Å². The van der Waals surface area contributed by atoms with Gasteiger partial charge in [-0.2, -0.15) is 5.01 Å². The second kappa shape index (κ2) is 6.79. The molecule has 2 saturated heterocycles. The van der Waals surface area contributed by atoms with Crippen LogP contribution in [0.4, 0.5) is 0 Å². The quantitative estimate of drug-likeness (QED) is 0.516. The maximum atomic E-state index is 13.5. The number of nitrogens with one attached hydrogen (secondary N) is 2.